The van der Waals surface area contributed by atoms with Crippen LogP contribution in [-0.4, -0.2) is 0 Å². The largest absolute Gasteiger partial charge is 0.271 e. The predicted octanol–water partition coefficient (Wildman–Crippen LogP) is 3.67. The first kappa shape index (κ1) is 13.7. The summed E-state index contributed by atoms with van der Waals surface area (Å²) in [6, 6.07) is 16.2. The van der Waals surface area contributed by atoms with Crippen LogP contribution >= 0.6 is 0 Å². The topological polar surface area (TPSA) is 38.0 Å². The highest BCUT2D eigenvalue weighted by Crippen LogP contribution is 2.30. The minimum atomic E-state index is -0.619. The number of hydrogen-bond acceptors (Lipinski definition) is 2. The van der Waals surface area contributed by atoms with Gasteiger partial charge in [0.25, 0.3) is 0 Å². The highest BCUT2D eigenvalue weighted by Gasteiger charge is 2.19. The second-order valence-electron chi connectivity index (χ2n) is 4.83. The van der Waals surface area contributed by atoms with E-state index in [9.17, 15) is 8.78 Å². The second kappa shape index (κ2) is 5.60. The van der Waals surface area contributed by atoms with Crippen LogP contribution in [0.3, 0.4) is 0 Å². The van der Waals surface area contributed by atoms with Gasteiger partial charge >= 0.3 is 0 Å². The van der Waals surface area contributed by atoms with Gasteiger partial charge in [-0.2, -0.15) is 0 Å². The molecule has 3 aromatic carbocycles. The van der Waals surface area contributed by atoms with E-state index >= 15 is 0 Å². The highest BCUT2D eigenvalue weighted by molar-refractivity contribution is 5.86. The Morgan fingerprint density at radius 2 is 1.62 bits per heavy atom. The third-order valence-electron chi connectivity index (χ3n) is 3.57. The molecular formula is C17H14F2N2. The number of hydrazine groups is 1. The molecule has 3 rings (SSSR count). The molecule has 0 saturated heterocycles. The van der Waals surface area contributed by atoms with E-state index in [4.69, 9.17) is 5.84 Å². The third-order valence-corrected chi connectivity index (χ3v) is 3.57. The lowest BCUT2D eigenvalue weighted by molar-refractivity contribution is 0.547. The molecule has 0 aliphatic carbocycles. The predicted molar refractivity (Wildman–Crippen MR) is 79.5 cm³/mol. The van der Waals surface area contributed by atoms with Crippen LogP contribution in [0.15, 0.2) is 60.7 Å². The van der Waals surface area contributed by atoms with E-state index in [1.807, 2.05) is 42.5 Å². The molecule has 3 N–H and O–H groups in total. The molecule has 0 aromatic heterocycles. The lowest BCUT2D eigenvalue weighted by Crippen LogP contribution is -2.29. The summed E-state index contributed by atoms with van der Waals surface area (Å²) in [5, 5.41) is 1.97. The number of halogens is 2. The van der Waals surface area contributed by atoms with Gasteiger partial charge in [0.2, 0.25) is 0 Å². The van der Waals surface area contributed by atoms with Crippen LogP contribution in [0, 0.1) is 11.6 Å². The first-order valence-corrected chi connectivity index (χ1v) is 6.59. The molecule has 0 saturated carbocycles. The van der Waals surface area contributed by atoms with Gasteiger partial charge in [0.05, 0.1) is 6.04 Å². The Bertz CT molecular complexity index is 781. The average molecular weight is 284 g/mol. The minimum Gasteiger partial charge on any atom is -0.271 e. The zero-order valence-corrected chi connectivity index (χ0v) is 11.2. The standard InChI is InChI=1S/C17H14F2N2/c18-12-8-9-16(19)15(10-12)17(21-20)14-7-3-5-11-4-1-2-6-13(11)14/h1-10,17,21H,20H2. The molecule has 106 valence electrons. The maximum atomic E-state index is 14.0. The number of fused-ring (bicyclic) bond motifs is 1. The first-order valence-electron chi connectivity index (χ1n) is 6.59. The molecule has 4 heteroatoms. The molecule has 2 nitrogen and oxygen atoms in total. The van der Waals surface area contributed by atoms with Gasteiger partial charge in [-0.15, -0.1) is 0 Å². The molecule has 0 spiro atoms. The first-order chi connectivity index (χ1) is 10.2. The van der Waals surface area contributed by atoms with Crippen LogP contribution in [0.1, 0.15) is 17.2 Å². The Hall–Kier alpha value is -2.30. The van der Waals surface area contributed by atoms with Crippen molar-refractivity contribution in [2.45, 2.75) is 6.04 Å². The molecular weight excluding hydrogens is 270 g/mol. The summed E-state index contributed by atoms with van der Waals surface area (Å²) in [5.74, 6) is 4.62. The summed E-state index contributed by atoms with van der Waals surface area (Å²) in [6.45, 7) is 0. The molecule has 21 heavy (non-hydrogen) atoms. The normalized spacial score (nSPS) is 12.5. The molecule has 0 amide bonds. The molecule has 3 aromatic rings. The van der Waals surface area contributed by atoms with Crippen molar-refractivity contribution >= 4 is 10.8 Å². The Morgan fingerprint density at radius 1 is 0.857 bits per heavy atom. The average Bonchev–Trinajstić information content (AvgIpc) is 2.51. The van der Waals surface area contributed by atoms with E-state index in [2.05, 4.69) is 5.43 Å². The van der Waals surface area contributed by atoms with Crippen LogP contribution in [0.2, 0.25) is 0 Å². The van der Waals surface area contributed by atoms with Crippen molar-refractivity contribution in [1.29, 1.82) is 0 Å². The summed E-state index contributed by atoms with van der Waals surface area (Å²) in [6.07, 6.45) is 0. The van der Waals surface area contributed by atoms with Crippen LogP contribution in [0.4, 0.5) is 8.78 Å². The van der Waals surface area contributed by atoms with Crippen molar-refractivity contribution < 1.29 is 8.78 Å². The Balaban J connectivity index is 2.21. The van der Waals surface area contributed by atoms with Gasteiger partial charge in [0.15, 0.2) is 0 Å². The summed E-state index contributed by atoms with van der Waals surface area (Å²) >= 11 is 0. The molecule has 0 heterocycles. The summed E-state index contributed by atoms with van der Waals surface area (Å²) in [7, 11) is 0. The van der Waals surface area contributed by atoms with Gasteiger partial charge in [0.1, 0.15) is 11.6 Å². The second-order valence-corrected chi connectivity index (χ2v) is 4.83. The van der Waals surface area contributed by atoms with E-state index in [0.29, 0.717) is 0 Å². The van der Waals surface area contributed by atoms with E-state index in [0.717, 1.165) is 28.5 Å². The molecule has 0 aliphatic heterocycles. The monoisotopic (exact) mass is 284 g/mol. The lowest BCUT2D eigenvalue weighted by atomic mass is 9.94. The molecule has 0 aliphatic rings. The molecule has 1 unspecified atom stereocenters. The van der Waals surface area contributed by atoms with Crippen molar-refractivity contribution in [1.82, 2.24) is 5.43 Å². The number of rotatable bonds is 3. The van der Waals surface area contributed by atoms with Crippen LogP contribution in [0.5, 0.6) is 0 Å². The quantitative estimate of drug-likeness (QED) is 0.569. The van der Waals surface area contributed by atoms with Gasteiger partial charge in [-0.1, -0.05) is 42.5 Å². The van der Waals surface area contributed by atoms with E-state index < -0.39 is 17.7 Å². The summed E-state index contributed by atoms with van der Waals surface area (Å²) in [4.78, 5) is 0. The third kappa shape index (κ3) is 2.51. The van der Waals surface area contributed by atoms with Gasteiger partial charge in [-0.25, -0.2) is 14.2 Å². The van der Waals surface area contributed by atoms with Gasteiger partial charge in [0, 0.05) is 5.56 Å². The smallest absolute Gasteiger partial charge is 0.128 e. The van der Waals surface area contributed by atoms with E-state index in [1.54, 1.807) is 0 Å². The fourth-order valence-corrected chi connectivity index (χ4v) is 2.59. The van der Waals surface area contributed by atoms with Crippen molar-refractivity contribution in [3.8, 4) is 0 Å². The van der Waals surface area contributed by atoms with Crippen LogP contribution in [0.25, 0.3) is 10.8 Å². The van der Waals surface area contributed by atoms with Crippen molar-refractivity contribution in [2.24, 2.45) is 5.84 Å². The van der Waals surface area contributed by atoms with Gasteiger partial charge in [-0.05, 0) is 34.5 Å². The van der Waals surface area contributed by atoms with Crippen molar-refractivity contribution in [3.05, 3.63) is 83.4 Å². The fraction of sp³-hybridized carbons (Fsp3) is 0.0588. The zero-order valence-electron chi connectivity index (χ0n) is 11.2. The minimum absolute atomic E-state index is 0.189. The van der Waals surface area contributed by atoms with Crippen molar-refractivity contribution in [3.63, 3.8) is 0 Å². The Morgan fingerprint density at radius 3 is 2.43 bits per heavy atom. The molecule has 0 fully saturated rings. The maximum Gasteiger partial charge on any atom is 0.128 e. The van der Waals surface area contributed by atoms with Gasteiger partial charge in [-0.3, -0.25) is 5.84 Å². The fourth-order valence-electron chi connectivity index (χ4n) is 2.59. The van der Waals surface area contributed by atoms with Gasteiger partial charge < -0.3 is 0 Å². The van der Waals surface area contributed by atoms with E-state index in [1.165, 1.54) is 6.07 Å². The number of nitrogens with two attached hydrogens (primary N) is 1. The number of benzene rings is 3. The Labute approximate surface area is 121 Å². The van der Waals surface area contributed by atoms with Crippen LogP contribution < -0.4 is 11.3 Å². The SMILES string of the molecule is NNC(c1cc(F)ccc1F)c1cccc2ccccc12. The zero-order chi connectivity index (χ0) is 14.8. The summed E-state index contributed by atoms with van der Waals surface area (Å²) < 4.78 is 27.5. The van der Waals surface area contributed by atoms with E-state index in [-0.39, 0.29) is 5.56 Å². The Kier molecular flexibility index (Phi) is 3.64. The van der Waals surface area contributed by atoms with Crippen LogP contribution in [-0.2, 0) is 0 Å². The number of nitrogens with one attached hydrogen (secondary N) is 1. The number of hydrogen-bond donors (Lipinski definition) is 2. The lowest BCUT2D eigenvalue weighted by Gasteiger charge is -2.19. The molecule has 0 bridgehead atoms. The maximum absolute atomic E-state index is 14.0. The van der Waals surface area contributed by atoms with Crippen molar-refractivity contribution in [2.75, 3.05) is 0 Å². The molecule has 1 atom stereocenters. The summed E-state index contributed by atoms with van der Waals surface area (Å²) in [5.41, 5.74) is 3.58. The highest BCUT2D eigenvalue weighted by atomic mass is 19.1. The molecule has 0 radical (unpaired) electrons.